The van der Waals surface area contributed by atoms with E-state index in [4.69, 9.17) is 0 Å². The van der Waals surface area contributed by atoms with Crippen LogP contribution in [0.3, 0.4) is 0 Å². The summed E-state index contributed by atoms with van der Waals surface area (Å²) in [7, 11) is 0. The molecule has 1 unspecified atom stereocenters. The molecule has 0 aromatic rings. The molecule has 0 rings (SSSR count). The minimum Gasteiger partial charge on any atom is -0.393 e. The molecule has 0 heterocycles. The molecule has 1 N–H and O–H groups in total. The molecule has 0 bridgehead atoms. The van der Waals surface area contributed by atoms with E-state index in [2.05, 4.69) is 34.6 Å². The van der Waals surface area contributed by atoms with Crippen LogP contribution in [0.25, 0.3) is 0 Å². The van der Waals surface area contributed by atoms with Crippen LogP contribution < -0.4 is 0 Å². The van der Waals surface area contributed by atoms with Crippen LogP contribution in [-0.2, 0) is 0 Å². The standard InChI is InChI=1S/C13H28O/c1-7-11(14)9-13(5,6)10-12(3,4)8-2/h11,14H,7-10H2,1-6H3. The van der Waals surface area contributed by atoms with E-state index in [0.717, 1.165) is 12.8 Å². The molecule has 0 fully saturated rings. The van der Waals surface area contributed by atoms with Crippen LogP contribution >= 0.6 is 0 Å². The molecule has 0 aliphatic heterocycles. The Balaban J connectivity index is 4.19. The molecule has 0 aliphatic rings. The van der Waals surface area contributed by atoms with Gasteiger partial charge in [0.2, 0.25) is 0 Å². The zero-order chi connectivity index (χ0) is 11.4. The maximum atomic E-state index is 9.66. The van der Waals surface area contributed by atoms with Crippen LogP contribution in [-0.4, -0.2) is 11.2 Å². The lowest BCUT2D eigenvalue weighted by molar-refractivity contribution is 0.0811. The second-order valence-corrected chi connectivity index (χ2v) is 6.12. The second-order valence-electron chi connectivity index (χ2n) is 6.12. The highest BCUT2D eigenvalue weighted by Gasteiger charge is 2.28. The maximum Gasteiger partial charge on any atom is 0.0542 e. The fraction of sp³-hybridized carbons (Fsp3) is 1.00. The van der Waals surface area contributed by atoms with Gasteiger partial charge in [0.15, 0.2) is 0 Å². The zero-order valence-electron chi connectivity index (χ0n) is 10.9. The normalized spacial score (nSPS) is 15.6. The molecule has 0 spiro atoms. The molecule has 0 saturated carbocycles. The van der Waals surface area contributed by atoms with Gasteiger partial charge in [0.1, 0.15) is 0 Å². The summed E-state index contributed by atoms with van der Waals surface area (Å²) in [5.74, 6) is 0. The largest absolute Gasteiger partial charge is 0.393 e. The number of rotatable bonds is 6. The SMILES string of the molecule is CCC(O)CC(C)(C)CC(C)(C)CC. The van der Waals surface area contributed by atoms with E-state index >= 15 is 0 Å². The van der Waals surface area contributed by atoms with Crippen molar-refractivity contribution in [2.75, 3.05) is 0 Å². The Morgan fingerprint density at radius 3 is 1.86 bits per heavy atom. The van der Waals surface area contributed by atoms with Crippen molar-refractivity contribution in [3.05, 3.63) is 0 Å². The molecular weight excluding hydrogens is 172 g/mol. The third-order valence-corrected chi connectivity index (χ3v) is 3.17. The van der Waals surface area contributed by atoms with Gasteiger partial charge in [-0.1, -0.05) is 48.0 Å². The summed E-state index contributed by atoms with van der Waals surface area (Å²) in [6.45, 7) is 13.4. The van der Waals surface area contributed by atoms with Crippen molar-refractivity contribution in [3.63, 3.8) is 0 Å². The Hall–Kier alpha value is -0.0400. The molecule has 0 radical (unpaired) electrons. The predicted octanol–water partition coefficient (Wildman–Crippen LogP) is 4.00. The van der Waals surface area contributed by atoms with Gasteiger partial charge in [-0.2, -0.15) is 0 Å². The van der Waals surface area contributed by atoms with Gasteiger partial charge in [-0.25, -0.2) is 0 Å². The van der Waals surface area contributed by atoms with Crippen molar-refractivity contribution in [3.8, 4) is 0 Å². The first kappa shape index (κ1) is 14.0. The molecule has 1 heteroatoms. The Morgan fingerprint density at radius 1 is 1.00 bits per heavy atom. The number of hydrogen-bond acceptors (Lipinski definition) is 1. The van der Waals surface area contributed by atoms with Gasteiger partial charge in [-0.05, 0) is 30.1 Å². The lowest BCUT2D eigenvalue weighted by Crippen LogP contribution is -2.26. The molecule has 86 valence electrons. The fourth-order valence-electron chi connectivity index (χ4n) is 2.27. The minimum absolute atomic E-state index is 0.127. The molecule has 1 nitrogen and oxygen atoms in total. The average Bonchev–Trinajstić information content (AvgIpc) is 2.01. The average molecular weight is 200 g/mol. The van der Waals surface area contributed by atoms with E-state index in [9.17, 15) is 5.11 Å². The first-order valence-corrected chi connectivity index (χ1v) is 5.90. The first-order chi connectivity index (χ1) is 6.22. The van der Waals surface area contributed by atoms with Crippen LogP contribution in [0, 0.1) is 10.8 Å². The minimum atomic E-state index is -0.127. The lowest BCUT2D eigenvalue weighted by Gasteiger charge is -2.35. The second kappa shape index (κ2) is 5.16. The Morgan fingerprint density at radius 2 is 1.50 bits per heavy atom. The van der Waals surface area contributed by atoms with E-state index in [1.807, 2.05) is 6.92 Å². The molecule has 0 aromatic carbocycles. The van der Waals surface area contributed by atoms with E-state index in [1.54, 1.807) is 0 Å². The third kappa shape index (κ3) is 5.64. The Kier molecular flexibility index (Phi) is 5.14. The summed E-state index contributed by atoms with van der Waals surface area (Å²) in [5, 5.41) is 9.66. The molecule has 1 atom stereocenters. The van der Waals surface area contributed by atoms with Crippen molar-refractivity contribution in [1.29, 1.82) is 0 Å². The summed E-state index contributed by atoms with van der Waals surface area (Å²) in [6.07, 6.45) is 4.06. The number of aliphatic hydroxyl groups is 1. The fourth-order valence-corrected chi connectivity index (χ4v) is 2.27. The van der Waals surface area contributed by atoms with Crippen LogP contribution in [0.15, 0.2) is 0 Å². The third-order valence-electron chi connectivity index (χ3n) is 3.17. The lowest BCUT2D eigenvalue weighted by atomic mass is 9.71. The predicted molar refractivity (Wildman–Crippen MR) is 63.4 cm³/mol. The van der Waals surface area contributed by atoms with Crippen molar-refractivity contribution >= 4 is 0 Å². The highest BCUT2D eigenvalue weighted by molar-refractivity contribution is 4.80. The van der Waals surface area contributed by atoms with Crippen LogP contribution in [0.2, 0.25) is 0 Å². The van der Waals surface area contributed by atoms with Gasteiger partial charge in [0.25, 0.3) is 0 Å². The van der Waals surface area contributed by atoms with E-state index < -0.39 is 0 Å². The summed E-state index contributed by atoms with van der Waals surface area (Å²) in [6, 6.07) is 0. The highest BCUT2D eigenvalue weighted by atomic mass is 16.3. The Bertz CT molecular complexity index is 159. The summed E-state index contributed by atoms with van der Waals surface area (Å²) >= 11 is 0. The quantitative estimate of drug-likeness (QED) is 0.687. The van der Waals surface area contributed by atoms with E-state index in [1.165, 1.54) is 12.8 Å². The first-order valence-electron chi connectivity index (χ1n) is 5.90. The van der Waals surface area contributed by atoms with Crippen molar-refractivity contribution in [1.82, 2.24) is 0 Å². The van der Waals surface area contributed by atoms with Gasteiger partial charge >= 0.3 is 0 Å². The van der Waals surface area contributed by atoms with Gasteiger partial charge in [-0.15, -0.1) is 0 Å². The van der Waals surface area contributed by atoms with Gasteiger partial charge in [-0.3, -0.25) is 0 Å². The monoisotopic (exact) mass is 200 g/mol. The maximum absolute atomic E-state index is 9.66. The van der Waals surface area contributed by atoms with Gasteiger partial charge < -0.3 is 5.11 Å². The number of hydrogen-bond donors (Lipinski definition) is 1. The molecule has 14 heavy (non-hydrogen) atoms. The van der Waals surface area contributed by atoms with E-state index in [-0.39, 0.29) is 11.5 Å². The Labute approximate surface area is 89.9 Å². The molecule has 0 saturated heterocycles. The van der Waals surface area contributed by atoms with Crippen LogP contribution in [0.4, 0.5) is 0 Å². The van der Waals surface area contributed by atoms with Crippen molar-refractivity contribution < 1.29 is 5.11 Å². The van der Waals surface area contributed by atoms with Crippen molar-refractivity contribution in [2.24, 2.45) is 10.8 Å². The zero-order valence-corrected chi connectivity index (χ0v) is 10.9. The molecule has 0 amide bonds. The smallest absolute Gasteiger partial charge is 0.0542 e. The molecule has 0 aromatic heterocycles. The van der Waals surface area contributed by atoms with E-state index in [0.29, 0.717) is 5.41 Å². The number of aliphatic hydroxyl groups excluding tert-OH is 1. The summed E-state index contributed by atoms with van der Waals surface area (Å²) in [5.41, 5.74) is 0.659. The molecule has 0 aliphatic carbocycles. The highest BCUT2D eigenvalue weighted by Crippen LogP contribution is 2.39. The van der Waals surface area contributed by atoms with Crippen LogP contribution in [0.1, 0.15) is 67.2 Å². The molecular formula is C13H28O. The van der Waals surface area contributed by atoms with Gasteiger partial charge in [0.05, 0.1) is 6.10 Å². The summed E-state index contributed by atoms with van der Waals surface area (Å²) in [4.78, 5) is 0. The van der Waals surface area contributed by atoms with Crippen molar-refractivity contribution in [2.45, 2.75) is 73.3 Å². The summed E-state index contributed by atoms with van der Waals surface area (Å²) < 4.78 is 0. The topological polar surface area (TPSA) is 20.2 Å². The van der Waals surface area contributed by atoms with Gasteiger partial charge in [0, 0.05) is 0 Å². The van der Waals surface area contributed by atoms with Crippen LogP contribution in [0.5, 0.6) is 0 Å².